The van der Waals surface area contributed by atoms with Crippen LogP contribution in [-0.4, -0.2) is 45.5 Å². The van der Waals surface area contributed by atoms with Crippen molar-refractivity contribution >= 4 is 50.5 Å². The number of carbonyl (C=O) groups excluding carboxylic acids is 2. The number of anilines is 1. The zero-order valence-electron chi connectivity index (χ0n) is 21.9. The number of aryl methyl sites for hydroxylation is 1. The third kappa shape index (κ3) is 4.49. The van der Waals surface area contributed by atoms with Crippen LogP contribution in [0.2, 0.25) is 0 Å². The summed E-state index contributed by atoms with van der Waals surface area (Å²) < 4.78 is 8.72. The number of aromatic nitrogens is 2. The molecule has 0 fully saturated rings. The molecule has 13 nitrogen and oxygen atoms in total. The Balaban J connectivity index is 1.41. The van der Waals surface area contributed by atoms with E-state index in [1.807, 2.05) is 49.4 Å². The van der Waals surface area contributed by atoms with Gasteiger partial charge in [0.25, 0.3) is 11.8 Å². The standard InChI is InChI=1S/C27H23BrN8O5/c1-3-6-18-29-24-21(25(37)30-20(27(39)40)26(38)35(24)2)36(18)12-13-9-10-17-16(11-13)19(28)22(41-17)14-7-4-5-8-15(14)23-31-33-34-32-23/h4-5,7-11,20,23H,3,6,12H2,1-2H3,(H,30,37)(H,39,40). The number of carbonyl (C=O) groups is 3. The molecule has 2 aromatic heterocycles. The van der Waals surface area contributed by atoms with E-state index in [-0.39, 0.29) is 18.1 Å². The number of likely N-dealkylation sites (N-methyl/N-ethyl adjacent to an activating group) is 1. The molecular weight excluding hydrogens is 596 g/mol. The second-order valence-corrected chi connectivity index (χ2v) is 10.4. The molecular formula is C27H23BrN8O5. The molecule has 2 aliphatic heterocycles. The van der Waals surface area contributed by atoms with Crippen LogP contribution in [0.15, 0.2) is 72.0 Å². The lowest BCUT2D eigenvalue weighted by Crippen LogP contribution is -2.49. The fourth-order valence-corrected chi connectivity index (χ4v) is 5.65. The summed E-state index contributed by atoms with van der Waals surface area (Å²) in [6.45, 7) is 2.25. The Morgan fingerprint density at radius 3 is 2.63 bits per heavy atom. The molecule has 1 unspecified atom stereocenters. The number of hydrogen-bond acceptors (Lipinski definition) is 9. The summed E-state index contributed by atoms with van der Waals surface area (Å²) in [6.07, 6.45) is 0.758. The molecule has 1 atom stereocenters. The van der Waals surface area contributed by atoms with E-state index < -0.39 is 30.0 Å². The number of benzene rings is 2. The summed E-state index contributed by atoms with van der Waals surface area (Å²) in [5.74, 6) is -1.54. The third-order valence-corrected chi connectivity index (χ3v) is 7.80. The third-order valence-electron chi connectivity index (χ3n) is 7.01. The number of rotatable bonds is 7. The molecule has 0 saturated heterocycles. The SMILES string of the molecule is CCCc1nc2c(n1Cc1ccc3oc(-c4ccccc4C4N=NN=N4)c(Br)c3c1)C(=O)NC(C(=O)O)C(=O)N2C. The first-order valence-corrected chi connectivity index (χ1v) is 13.6. The molecule has 208 valence electrons. The van der Waals surface area contributed by atoms with E-state index in [4.69, 9.17) is 4.42 Å². The summed E-state index contributed by atoms with van der Waals surface area (Å²) in [6, 6.07) is 11.6. The number of amides is 2. The summed E-state index contributed by atoms with van der Waals surface area (Å²) in [5.41, 5.74) is 3.21. The maximum Gasteiger partial charge on any atom is 0.336 e. The molecule has 0 bridgehead atoms. The molecule has 0 saturated carbocycles. The van der Waals surface area contributed by atoms with Crippen molar-refractivity contribution in [3.63, 3.8) is 0 Å². The van der Waals surface area contributed by atoms with Crippen molar-refractivity contribution in [2.75, 3.05) is 11.9 Å². The number of imidazole rings is 1. The molecule has 6 rings (SSSR count). The number of halogens is 1. The van der Waals surface area contributed by atoms with E-state index in [9.17, 15) is 19.5 Å². The van der Waals surface area contributed by atoms with Gasteiger partial charge in [-0.25, -0.2) is 9.78 Å². The minimum atomic E-state index is -1.70. The summed E-state index contributed by atoms with van der Waals surface area (Å²) in [4.78, 5) is 43.4. The number of fused-ring (bicyclic) bond motifs is 2. The quantitative estimate of drug-likeness (QED) is 0.275. The number of carboxylic acids is 1. The fourth-order valence-electron chi connectivity index (χ4n) is 5.04. The zero-order chi connectivity index (χ0) is 28.8. The molecule has 2 aromatic carbocycles. The fraction of sp³-hybridized carbons (Fsp3) is 0.259. The predicted octanol–water partition coefficient (Wildman–Crippen LogP) is 5.05. The van der Waals surface area contributed by atoms with Crippen molar-refractivity contribution < 1.29 is 23.9 Å². The average Bonchev–Trinajstić information content (AvgIpc) is 3.68. The number of nitrogens with one attached hydrogen (secondary N) is 1. The minimum absolute atomic E-state index is 0.130. The van der Waals surface area contributed by atoms with Crippen LogP contribution in [0.3, 0.4) is 0 Å². The smallest absolute Gasteiger partial charge is 0.336 e. The number of hydrogen-bond donors (Lipinski definition) is 2. The largest absolute Gasteiger partial charge is 0.479 e. The van der Waals surface area contributed by atoms with Gasteiger partial charge >= 0.3 is 5.97 Å². The molecule has 4 heterocycles. The van der Waals surface area contributed by atoms with Crippen molar-refractivity contribution in [1.82, 2.24) is 14.9 Å². The van der Waals surface area contributed by atoms with Crippen LogP contribution < -0.4 is 10.2 Å². The van der Waals surface area contributed by atoms with E-state index in [2.05, 4.69) is 46.9 Å². The summed E-state index contributed by atoms with van der Waals surface area (Å²) in [7, 11) is 1.42. The molecule has 2 aliphatic rings. The van der Waals surface area contributed by atoms with Crippen LogP contribution in [0.25, 0.3) is 22.3 Å². The van der Waals surface area contributed by atoms with Gasteiger partial charge in [-0.3, -0.25) is 14.5 Å². The highest BCUT2D eigenvalue weighted by atomic mass is 79.9. The molecule has 0 radical (unpaired) electrons. The molecule has 2 amide bonds. The topological polar surface area (TPSA) is 167 Å². The molecule has 2 N–H and O–H groups in total. The summed E-state index contributed by atoms with van der Waals surface area (Å²) in [5, 5.41) is 28.0. The van der Waals surface area contributed by atoms with Gasteiger partial charge in [0.15, 0.2) is 11.5 Å². The Bertz CT molecular complexity index is 1780. The lowest BCUT2D eigenvalue weighted by atomic mass is 10.0. The minimum Gasteiger partial charge on any atom is -0.479 e. The van der Waals surface area contributed by atoms with E-state index in [0.29, 0.717) is 23.6 Å². The van der Waals surface area contributed by atoms with Crippen molar-refractivity contribution in [1.29, 1.82) is 0 Å². The molecule has 0 spiro atoms. The Morgan fingerprint density at radius 2 is 1.90 bits per heavy atom. The van der Waals surface area contributed by atoms with Crippen molar-refractivity contribution in [3.05, 3.63) is 69.6 Å². The number of aliphatic carboxylic acids is 1. The number of nitrogens with zero attached hydrogens (tertiary/aromatic N) is 7. The maximum atomic E-state index is 13.2. The van der Waals surface area contributed by atoms with Gasteiger partial charge in [-0.1, -0.05) is 37.3 Å². The van der Waals surface area contributed by atoms with Crippen LogP contribution in [0, 0.1) is 0 Å². The Kier molecular flexibility index (Phi) is 6.69. The van der Waals surface area contributed by atoms with Gasteiger partial charge in [-0.05, 0) is 50.5 Å². The van der Waals surface area contributed by atoms with Crippen molar-refractivity contribution in [2.24, 2.45) is 20.7 Å². The summed E-state index contributed by atoms with van der Waals surface area (Å²) >= 11 is 3.71. The first-order chi connectivity index (χ1) is 19.8. The van der Waals surface area contributed by atoms with Crippen molar-refractivity contribution in [3.8, 4) is 11.3 Å². The number of furan rings is 1. The highest BCUT2D eigenvalue weighted by Gasteiger charge is 2.40. The van der Waals surface area contributed by atoms with Gasteiger partial charge in [0.05, 0.1) is 4.47 Å². The van der Waals surface area contributed by atoms with Crippen LogP contribution in [0.1, 0.15) is 47.0 Å². The normalized spacial score (nSPS) is 16.9. The highest BCUT2D eigenvalue weighted by Crippen LogP contribution is 2.42. The van der Waals surface area contributed by atoms with Gasteiger partial charge in [0.1, 0.15) is 17.2 Å². The molecule has 41 heavy (non-hydrogen) atoms. The van der Waals surface area contributed by atoms with E-state index >= 15 is 0 Å². The van der Waals surface area contributed by atoms with Gasteiger partial charge < -0.3 is 19.4 Å². The first-order valence-electron chi connectivity index (χ1n) is 12.8. The van der Waals surface area contributed by atoms with Gasteiger partial charge in [-0.15, -0.1) is 10.2 Å². The number of carboxylic acid groups (broad SMARTS) is 1. The second kappa shape index (κ2) is 10.4. The van der Waals surface area contributed by atoms with Crippen LogP contribution >= 0.6 is 15.9 Å². The van der Waals surface area contributed by atoms with Crippen LogP contribution in [0.5, 0.6) is 0 Å². The Labute approximate surface area is 241 Å². The van der Waals surface area contributed by atoms with E-state index in [1.165, 1.54) is 7.05 Å². The van der Waals surface area contributed by atoms with Gasteiger partial charge in [0, 0.05) is 36.5 Å². The van der Waals surface area contributed by atoms with Crippen molar-refractivity contribution in [2.45, 2.75) is 38.5 Å². The highest BCUT2D eigenvalue weighted by molar-refractivity contribution is 9.10. The second-order valence-electron chi connectivity index (χ2n) is 9.62. The van der Waals surface area contributed by atoms with Crippen LogP contribution in [-0.2, 0) is 22.6 Å². The Morgan fingerprint density at radius 1 is 1.15 bits per heavy atom. The van der Waals surface area contributed by atoms with Crippen LogP contribution in [0.4, 0.5) is 5.82 Å². The molecule has 14 heteroatoms. The first kappa shape index (κ1) is 26.5. The van der Waals surface area contributed by atoms with Gasteiger partial charge in [0.2, 0.25) is 12.2 Å². The lowest BCUT2D eigenvalue weighted by Gasteiger charge is -2.16. The predicted molar refractivity (Wildman–Crippen MR) is 149 cm³/mol. The maximum absolute atomic E-state index is 13.2. The molecule has 4 aromatic rings. The lowest BCUT2D eigenvalue weighted by molar-refractivity contribution is -0.142. The van der Waals surface area contributed by atoms with E-state index in [1.54, 1.807) is 4.57 Å². The monoisotopic (exact) mass is 618 g/mol. The Hall–Kier alpha value is -4.72. The van der Waals surface area contributed by atoms with E-state index in [0.717, 1.165) is 37.9 Å². The zero-order valence-corrected chi connectivity index (χ0v) is 23.5. The molecule has 0 aliphatic carbocycles. The average molecular weight is 619 g/mol. The van der Waals surface area contributed by atoms with Gasteiger partial charge in [-0.2, -0.15) is 0 Å².